The van der Waals surface area contributed by atoms with Gasteiger partial charge >= 0.3 is 5.91 Å². The molecule has 0 aliphatic rings. The third-order valence-corrected chi connectivity index (χ3v) is 2.72. The van der Waals surface area contributed by atoms with Crippen molar-refractivity contribution in [1.82, 2.24) is 14.9 Å². The second kappa shape index (κ2) is 4.26. The van der Waals surface area contributed by atoms with E-state index in [-0.39, 0.29) is 0 Å². The van der Waals surface area contributed by atoms with E-state index in [0.717, 1.165) is 22.4 Å². The number of aromatic nitrogens is 2. The Labute approximate surface area is 98.7 Å². The van der Waals surface area contributed by atoms with Crippen molar-refractivity contribution >= 4 is 16.9 Å². The topological polar surface area (TPSA) is 70.7 Å². The summed E-state index contributed by atoms with van der Waals surface area (Å²) in [5.74, 6) is 0.320. The molecule has 0 saturated heterocycles. The van der Waals surface area contributed by atoms with Crippen molar-refractivity contribution in [3.63, 3.8) is 0 Å². The van der Waals surface area contributed by atoms with Crippen LogP contribution in [-0.2, 0) is 18.4 Å². The van der Waals surface area contributed by atoms with E-state index in [1.54, 1.807) is 0 Å². The van der Waals surface area contributed by atoms with Crippen molar-refractivity contribution in [2.24, 2.45) is 7.05 Å². The van der Waals surface area contributed by atoms with Crippen LogP contribution >= 0.6 is 0 Å². The molecule has 0 aliphatic carbocycles. The Morgan fingerprint density at radius 3 is 3.06 bits per heavy atom. The quantitative estimate of drug-likeness (QED) is 0.780. The minimum Gasteiger partial charge on any atom is -0.339 e. The van der Waals surface area contributed by atoms with Crippen LogP contribution in [0, 0.1) is 18.3 Å². The number of amides is 1. The molecule has 0 atom stereocenters. The van der Waals surface area contributed by atoms with Gasteiger partial charge in [-0.05, 0) is 24.6 Å². The first kappa shape index (κ1) is 11.1. The van der Waals surface area contributed by atoms with Gasteiger partial charge in [-0.2, -0.15) is 5.26 Å². The Balaban J connectivity index is 2.27. The summed E-state index contributed by atoms with van der Waals surface area (Å²) in [6.45, 7) is 2.29. The highest BCUT2D eigenvalue weighted by molar-refractivity contribution is 5.91. The summed E-state index contributed by atoms with van der Waals surface area (Å²) in [6.07, 6.45) is 0. The van der Waals surface area contributed by atoms with Gasteiger partial charge in [0, 0.05) is 13.6 Å². The number of benzene rings is 1. The lowest BCUT2D eigenvalue weighted by atomic mass is 10.2. The van der Waals surface area contributed by atoms with Gasteiger partial charge in [0.05, 0.1) is 11.0 Å². The molecule has 1 aromatic heterocycles. The maximum absolute atomic E-state index is 10.8. The minimum absolute atomic E-state index is 0.345. The zero-order chi connectivity index (χ0) is 12.4. The average molecular weight is 228 g/mol. The standard InChI is InChI=1S/C12H12N4O/c1-8-15-10-5-9(7-14-12(17)6-13)3-4-11(10)16(8)2/h3-5H,7H2,1-2H3,(H,14,17). The van der Waals surface area contributed by atoms with Gasteiger partial charge < -0.3 is 9.88 Å². The lowest BCUT2D eigenvalue weighted by Gasteiger charge is -2.01. The molecule has 1 N–H and O–H groups in total. The number of nitriles is 1. The van der Waals surface area contributed by atoms with Crippen LogP contribution in [0.1, 0.15) is 11.4 Å². The summed E-state index contributed by atoms with van der Waals surface area (Å²) in [4.78, 5) is 15.2. The zero-order valence-corrected chi connectivity index (χ0v) is 9.69. The molecule has 0 bridgehead atoms. The van der Waals surface area contributed by atoms with Crippen LogP contribution in [0.4, 0.5) is 0 Å². The fourth-order valence-corrected chi connectivity index (χ4v) is 1.70. The van der Waals surface area contributed by atoms with Crippen LogP contribution in [0.3, 0.4) is 0 Å². The number of hydrogen-bond donors (Lipinski definition) is 1. The second-order valence-electron chi connectivity index (χ2n) is 3.84. The average Bonchev–Trinajstić information content (AvgIpc) is 2.62. The number of fused-ring (bicyclic) bond motifs is 1. The number of rotatable bonds is 2. The first-order valence-corrected chi connectivity index (χ1v) is 5.21. The van der Waals surface area contributed by atoms with E-state index < -0.39 is 5.91 Å². The smallest absolute Gasteiger partial charge is 0.322 e. The Morgan fingerprint density at radius 2 is 2.35 bits per heavy atom. The van der Waals surface area contributed by atoms with E-state index in [1.165, 1.54) is 6.07 Å². The monoisotopic (exact) mass is 228 g/mol. The summed E-state index contributed by atoms with van der Waals surface area (Å²) in [5, 5.41) is 10.8. The predicted molar refractivity (Wildman–Crippen MR) is 62.9 cm³/mol. The molecule has 1 heterocycles. The van der Waals surface area contributed by atoms with Crippen molar-refractivity contribution < 1.29 is 4.79 Å². The predicted octanol–water partition coefficient (Wildman–Crippen LogP) is 1.02. The molecule has 86 valence electrons. The molecule has 2 aromatic rings. The molecule has 17 heavy (non-hydrogen) atoms. The van der Waals surface area contributed by atoms with E-state index in [0.29, 0.717) is 6.54 Å². The summed E-state index contributed by atoms with van der Waals surface area (Å²) in [5.41, 5.74) is 2.88. The van der Waals surface area contributed by atoms with E-state index in [1.807, 2.05) is 36.7 Å². The maximum Gasteiger partial charge on any atom is 0.322 e. The Kier molecular flexibility index (Phi) is 2.79. The zero-order valence-electron chi connectivity index (χ0n) is 9.69. The number of hydrogen-bond acceptors (Lipinski definition) is 3. The molecule has 0 saturated carbocycles. The van der Waals surface area contributed by atoms with Gasteiger partial charge in [0.25, 0.3) is 0 Å². The number of carbonyl (C=O) groups excluding carboxylic acids is 1. The van der Waals surface area contributed by atoms with Gasteiger partial charge in [0.2, 0.25) is 0 Å². The first-order chi connectivity index (χ1) is 8.11. The highest BCUT2D eigenvalue weighted by atomic mass is 16.1. The molecule has 2 rings (SSSR count). The van der Waals surface area contributed by atoms with Gasteiger partial charge in [-0.15, -0.1) is 0 Å². The minimum atomic E-state index is -0.623. The van der Waals surface area contributed by atoms with Gasteiger partial charge in [-0.3, -0.25) is 4.79 Å². The lowest BCUT2D eigenvalue weighted by molar-refractivity contribution is -0.116. The van der Waals surface area contributed by atoms with Gasteiger partial charge in [0.1, 0.15) is 5.82 Å². The summed E-state index contributed by atoms with van der Waals surface area (Å²) < 4.78 is 2.01. The van der Waals surface area contributed by atoms with Crippen molar-refractivity contribution in [3.8, 4) is 6.07 Å². The van der Waals surface area contributed by atoms with Gasteiger partial charge in [0.15, 0.2) is 6.07 Å². The van der Waals surface area contributed by atoms with Gasteiger partial charge in [-0.1, -0.05) is 6.07 Å². The SMILES string of the molecule is Cc1nc2cc(CNC(=O)C#N)ccc2n1C. The first-order valence-electron chi connectivity index (χ1n) is 5.21. The number of nitrogens with zero attached hydrogens (tertiary/aromatic N) is 3. The van der Waals surface area contributed by atoms with Crippen LogP contribution in [0.15, 0.2) is 18.2 Å². The Hall–Kier alpha value is -2.35. The van der Waals surface area contributed by atoms with Crippen molar-refractivity contribution in [1.29, 1.82) is 5.26 Å². The lowest BCUT2D eigenvalue weighted by Crippen LogP contribution is -2.20. The van der Waals surface area contributed by atoms with E-state index >= 15 is 0 Å². The highest BCUT2D eigenvalue weighted by Gasteiger charge is 2.05. The van der Waals surface area contributed by atoms with E-state index in [9.17, 15) is 4.79 Å². The molecule has 0 unspecified atom stereocenters. The number of imidazole rings is 1. The largest absolute Gasteiger partial charge is 0.339 e. The van der Waals surface area contributed by atoms with Crippen molar-refractivity contribution in [2.75, 3.05) is 0 Å². The summed E-state index contributed by atoms with van der Waals surface area (Å²) >= 11 is 0. The molecular formula is C12H12N4O. The second-order valence-corrected chi connectivity index (χ2v) is 3.84. The molecule has 5 heteroatoms. The molecule has 0 radical (unpaired) electrons. The third-order valence-electron chi connectivity index (χ3n) is 2.72. The van der Waals surface area contributed by atoms with E-state index in [2.05, 4.69) is 10.3 Å². The molecule has 1 amide bonds. The molecule has 0 spiro atoms. The number of nitrogens with one attached hydrogen (secondary N) is 1. The molecule has 1 aromatic carbocycles. The van der Waals surface area contributed by atoms with Crippen molar-refractivity contribution in [2.45, 2.75) is 13.5 Å². The van der Waals surface area contributed by atoms with Crippen LogP contribution in [-0.4, -0.2) is 15.5 Å². The van der Waals surface area contributed by atoms with Crippen LogP contribution in [0.25, 0.3) is 11.0 Å². The van der Waals surface area contributed by atoms with Crippen LogP contribution in [0.5, 0.6) is 0 Å². The molecule has 5 nitrogen and oxygen atoms in total. The van der Waals surface area contributed by atoms with Gasteiger partial charge in [-0.25, -0.2) is 4.98 Å². The summed E-state index contributed by atoms with van der Waals surface area (Å²) in [7, 11) is 1.96. The highest BCUT2D eigenvalue weighted by Crippen LogP contribution is 2.16. The van der Waals surface area contributed by atoms with E-state index in [4.69, 9.17) is 5.26 Å². The third kappa shape index (κ3) is 2.11. The van der Waals surface area contributed by atoms with Crippen LogP contribution < -0.4 is 5.32 Å². The fourth-order valence-electron chi connectivity index (χ4n) is 1.70. The number of aryl methyl sites for hydroxylation is 2. The maximum atomic E-state index is 10.8. The normalized spacial score (nSPS) is 10.2. The molecular weight excluding hydrogens is 216 g/mol. The van der Waals surface area contributed by atoms with Crippen molar-refractivity contribution in [3.05, 3.63) is 29.6 Å². The summed E-state index contributed by atoms with van der Waals surface area (Å²) in [6, 6.07) is 7.31. The number of carbonyl (C=O) groups is 1. The Morgan fingerprint density at radius 1 is 1.59 bits per heavy atom. The Bertz CT molecular complexity index is 621. The molecule has 0 aliphatic heterocycles. The van der Waals surface area contributed by atoms with Crippen LogP contribution in [0.2, 0.25) is 0 Å². The molecule has 0 fully saturated rings. The fraction of sp³-hybridized carbons (Fsp3) is 0.250.